The normalized spacial score (nSPS) is 8.86. The zero-order valence-corrected chi connectivity index (χ0v) is 27.1. The van der Waals surface area contributed by atoms with Crippen molar-refractivity contribution < 1.29 is 10.2 Å². The predicted molar refractivity (Wildman–Crippen MR) is 190 cm³/mol. The summed E-state index contributed by atoms with van der Waals surface area (Å²) in [5.74, 6) is 0.401. The van der Waals surface area contributed by atoms with Gasteiger partial charge in [-0.1, -0.05) is 179 Å². The molecule has 0 saturated carbocycles. The highest BCUT2D eigenvalue weighted by Gasteiger charge is 1.93. The fourth-order valence-corrected chi connectivity index (χ4v) is 3.31. The van der Waals surface area contributed by atoms with Crippen LogP contribution >= 0.6 is 0 Å². The molecule has 0 bridgehead atoms. The lowest BCUT2D eigenvalue weighted by molar-refractivity contribution is 0.456. The molecule has 0 aliphatic carbocycles. The Kier molecular flexibility index (Phi) is 19.7. The molecule has 0 aliphatic heterocycles. The molecule has 6 aromatic rings. The minimum Gasteiger partial charge on any atom is -0.508 e. The third-order valence-electron chi connectivity index (χ3n) is 5.88. The third-order valence-corrected chi connectivity index (χ3v) is 5.88. The molecule has 0 radical (unpaired) electrons. The van der Waals surface area contributed by atoms with Gasteiger partial charge in [-0.05, 0) is 65.3 Å². The largest absolute Gasteiger partial charge is 0.508 e. The van der Waals surface area contributed by atoms with Crippen molar-refractivity contribution in [1.82, 2.24) is 0 Å². The van der Waals surface area contributed by atoms with Crippen LogP contribution in [0.5, 0.6) is 11.5 Å². The summed E-state index contributed by atoms with van der Waals surface area (Å²) in [6.07, 6.45) is 0. The van der Waals surface area contributed by atoms with E-state index in [0.29, 0.717) is 5.56 Å². The van der Waals surface area contributed by atoms with E-state index in [2.05, 4.69) is 95.3 Å². The van der Waals surface area contributed by atoms with E-state index >= 15 is 0 Å². The number of phenolic OH excluding ortho intramolecular Hbond substituents is 2. The lowest BCUT2D eigenvalue weighted by Crippen LogP contribution is -1.71. The first kappa shape index (κ1) is 36.9. The lowest BCUT2D eigenvalue weighted by atomic mass is 10.2. The van der Waals surface area contributed by atoms with Crippen LogP contribution in [0, 0.1) is 41.5 Å². The molecule has 2 nitrogen and oxygen atoms in total. The Hall–Kier alpha value is -5.08. The summed E-state index contributed by atoms with van der Waals surface area (Å²) >= 11 is 0. The number of hydrogen-bond donors (Lipinski definition) is 2. The molecule has 0 aliphatic rings. The lowest BCUT2D eigenvalue weighted by Gasteiger charge is -1.96. The molecule has 228 valence electrons. The Labute approximate surface area is 266 Å². The molecule has 2 heteroatoms. The molecule has 2 N–H and O–H groups in total. The number of aromatic hydroxyl groups is 2. The van der Waals surface area contributed by atoms with Crippen LogP contribution < -0.4 is 0 Å². The zero-order valence-electron chi connectivity index (χ0n) is 27.1. The van der Waals surface area contributed by atoms with Crippen molar-refractivity contribution >= 4 is 0 Å². The van der Waals surface area contributed by atoms with Crippen molar-refractivity contribution in [2.45, 2.75) is 41.5 Å². The van der Waals surface area contributed by atoms with Gasteiger partial charge in [-0.15, -0.1) is 0 Å². The van der Waals surface area contributed by atoms with Crippen molar-refractivity contribution in [3.63, 3.8) is 0 Å². The molecule has 0 saturated heterocycles. The molecule has 0 fully saturated rings. The molecule has 0 spiro atoms. The van der Waals surface area contributed by atoms with Crippen LogP contribution in [0.1, 0.15) is 33.4 Å². The van der Waals surface area contributed by atoms with Crippen LogP contribution in [0.2, 0.25) is 0 Å². The summed E-state index contributed by atoms with van der Waals surface area (Å²) in [4.78, 5) is 0. The van der Waals surface area contributed by atoms with Crippen LogP contribution in [0.25, 0.3) is 0 Å². The summed E-state index contributed by atoms with van der Waals surface area (Å²) < 4.78 is 0. The Balaban J connectivity index is 0.000000265. The Morgan fingerprint density at radius 1 is 0.295 bits per heavy atom. The second-order valence-electron chi connectivity index (χ2n) is 10.2. The van der Waals surface area contributed by atoms with E-state index in [4.69, 9.17) is 10.2 Å². The average Bonchev–Trinajstić information content (AvgIpc) is 3.03. The maximum absolute atomic E-state index is 8.93. The first-order chi connectivity index (χ1) is 21.2. The Morgan fingerprint density at radius 3 is 0.659 bits per heavy atom. The van der Waals surface area contributed by atoms with E-state index in [1.54, 1.807) is 6.92 Å². The van der Waals surface area contributed by atoms with Gasteiger partial charge >= 0.3 is 0 Å². The maximum Gasteiger partial charge on any atom is 0.118 e. The van der Waals surface area contributed by atoms with Gasteiger partial charge in [0.15, 0.2) is 0 Å². The van der Waals surface area contributed by atoms with Crippen LogP contribution in [0.15, 0.2) is 170 Å². The monoisotopic (exact) mass is 584 g/mol. The van der Waals surface area contributed by atoms with Gasteiger partial charge in [-0.25, -0.2) is 0 Å². The fraction of sp³-hybridized carbons (Fsp3) is 0.143. The number of phenols is 2. The van der Waals surface area contributed by atoms with Crippen LogP contribution in [-0.4, -0.2) is 10.2 Å². The SMILES string of the molecule is Cc1cc(O)ccc1O.Cc1ccccc1.Cc1ccccc1.Cc1ccccc1.Cc1ccccc1.Cc1ccccc1. The molecule has 6 rings (SSSR count). The van der Waals surface area contributed by atoms with E-state index < -0.39 is 0 Å². The van der Waals surface area contributed by atoms with E-state index in [1.807, 2.05) is 91.0 Å². The van der Waals surface area contributed by atoms with Gasteiger partial charge in [0.2, 0.25) is 0 Å². The van der Waals surface area contributed by atoms with E-state index in [-0.39, 0.29) is 11.5 Å². The minimum atomic E-state index is 0.185. The highest BCUT2D eigenvalue weighted by Crippen LogP contribution is 2.20. The van der Waals surface area contributed by atoms with Gasteiger partial charge in [-0.3, -0.25) is 0 Å². The summed E-state index contributed by atoms with van der Waals surface area (Å²) in [6, 6.07) is 55.7. The van der Waals surface area contributed by atoms with Crippen molar-refractivity contribution in [2.24, 2.45) is 0 Å². The van der Waals surface area contributed by atoms with Gasteiger partial charge < -0.3 is 10.2 Å². The van der Waals surface area contributed by atoms with Gasteiger partial charge in [-0.2, -0.15) is 0 Å². The number of hydrogen-bond acceptors (Lipinski definition) is 2. The second-order valence-corrected chi connectivity index (χ2v) is 10.2. The average molecular weight is 585 g/mol. The molecule has 0 heterocycles. The van der Waals surface area contributed by atoms with Gasteiger partial charge in [0.25, 0.3) is 0 Å². The maximum atomic E-state index is 8.93. The number of aryl methyl sites for hydroxylation is 6. The van der Waals surface area contributed by atoms with Crippen molar-refractivity contribution in [3.8, 4) is 11.5 Å². The molecular weight excluding hydrogens is 536 g/mol. The fourth-order valence-electron chi connectivity index (χ4n) is 3.31. The Morgan fingerprint density at radius 2 is 0.523 bits per heavy atom. The molecule has 6 aromatic carbocycles. The molecule has 44 heavy (non-hydrogen) atoms. The van der Waals surface area contributed by atoms with E-state index in [0.717, 1.165) is 0 Å². The van der Waals surface area contributed by atoms with Gasteiger partial charge in [0.1, 0.15) is 11.5 Å². The van der Waals surface area contributed by atoms with Crippen molar-refractivity contribution in [2.75, 3.05) is 0 Å². The second kappa shape index (κ2) is 23.5. The van der Waals surface area contributed by atoms with Crippen LogP contribution in [0.4, 0.5) is 0 Å². The summed E-state index contributed by atoms with van der Waals surface area (Å²) in [5, 5.41) is 17.8. The number of rotatable bonds is 0. The molecular formula is C42H48O2. The standard InChI is InChI=1S/C7H8O2.5C7H8/c1-5-4-6(8)2-3-7(5)9;5*1-7-5-3-2-4-6-7/h2-4,8-9H,1H3;5*2-6H,1H3. The summed E-state index contributed by atoms with van der Waals surface area (Å²) in [6.45, 7) is 12.1. The van der Waals surface area contributed by atoms with Gasteiger partial charge in [0, 0.05) is 0 Å². The van der Waals surface area contributed by atoms with Crippen LogP contribution in [-0.2, 0) is 0 Å². The van der Waals surface area contributed by atoms with E-state index in [9.17, 15) is 0 Å². The molecule has 0 atom stereocenters. The van der Waals surface area contributed by atoms with Crippen LogP contribution in [0.3, 0.4) is 0 Å². The highest BCUT2D eigenvalue weighted by molar-refractivity contribution is 5.37. The molecule has 0 unspecified atom stereocenters. The summed E-state index contributed by atoms with van der Waals surface area (Å²) in [5.41, 5.74) is 7.30. The first-order valence-electron chi connectivity index (χ1n) is 14.7. The first-order valence-corrected chi connectivity index (χ1v) is 14.7. The Bertz CT molecular complexity index is 1270. The smallest absolute Gasteiger partial charge is 0.118 e. The zero-order chi connectivity index (χ0) is 32.4. The van der Waals surface area contributed by atoms with E-state index in [1.165, 1.54) is 46.0 Å². The quantitative estimate of drug-likeness (QED) is 0.174. The predicted octanol–water partition coefficient (Wildman–Crippen LogP) is 11.4. The third kappa shape index (κ3) is 20.7. The van der Waals surface area contributed by atoms with Crippen molar-refractivity contribution in [1.29, 1.82) is 0 Å². The minimum absolute atomic E-state index is 0.185. The van der Waals surface area contributed by atoms with Crippen molar-refractivity contribution in [3.05, 3.63) is 203 Å². The highest BCUT2D eigenvalue weighted by atomic mass is 16.3. The number of benzene rings is 6. The topological polar surface area (TPSA) is 40.5 Å². The molecule has 0 amide bonds. The van der Waals surface area contributed by atoms with Gasteiger partial charge in [0.05, 0.1) is 0 Å². The molecule has 0 aromatic heterocycles. The summed E-state index contributed by atoms with van der Waals surface area (Å²) in [7, 11) is 0.